The van der Waals surface area contributed by atoms with Gasteiger partial charge in [-0.15, -0.1) is 0 Å². The maximum atomic E-state index is 5.17. The molecule has 0 aliphatic heterocycles. The van der Waals surface area contributed by atoms with Crippen molar-refractivity contribution in [3.05, 3.63) is 36.4 Å². The van der Waals surface area contributed by atoms with Gasteiger partial charge in [-0.05, 0) is 0 Å². The summed E-state index contributed by atoms with van der Waals surface area (Å²) in [7, 11) is 3.33. The van der Waals surface area contributed by atoms with Crippen LogP contribution in [-0.2, 0) is 9.47 Å². The predicted octanol–water partition coefficient (Wildman–Crippen LogP) is 1.60. The van der Waals surface area contributed by atoms with Crippen molar-refractivity contribution in [2.45, 2.75) is 11.6 Å². The van der Waals surface area contributed by atoms with E-state index in [-0.39, 0.29) is 21.2 Å². The molecule has 0 radical (unpaired) electrons. The Balaban J connectivity index is 2.09. The van der Waals surface area contributed by atoms with Gasteiger partial charge < -0.3 is 0 Å². The van der Waals surface area contributed by atoms with Crippen LogP contribution in [0.3, 0.4) is 0 Å². The van der Waals surface area contributed by atoms with Crippen LogP contribution in [0.2, 0.25) is 5.32 Å². The number of nitrogens with zero attached hydrogens (tertiary/aromatic N) is 1. The third-order valence-corrected chi connectivity index (χ3v) is 4.48. The first-order chi connectivity index (χ1) is 8.33. The van der Waals surface area contributed by atoms with Crippen molar-refractivity contribution in [2.75, 3.05) is 14.2 Å². The Morgan fingerprint density at radius 3 is 2.65 bits per heavy atom. The van der Waals surface area contributed by atoms with Crippen LogP contribution in [-0.4, -0.2) is 40.5 Å². The summed E-state index contributed by atoms with van der Waals surface area (Å²) in [6.45, 7) is 0. The van der Waals surface area contributed by atoms with Crippen molar-refractivity contribution < 1.29 is 9.47 Å². The normalized spacial score (nSPS) is 11.2. The molecule has 0 atom stereocenters. The fourth-order valence-corrected chi connectivity index (χ4v) is 3.41. The Labute approximate surface area is 107 Å². The number of ether oxygens (including phenoxy) is 2. The van der Waals surface area contributed by atoms with Gasteiger partial charge in [-0.25, -0.2) is 0 Å². The van der Waals surface area contributed by atoms with Gasteiger partial charge in [0.15, 0.2) is 0 Å². The number of benzene rings is 1. The number of fused-ring (bicyclic) bond motifs is 1. The summed E-state index contributed by atoms with van der Waals surface area (Å²) in [5, 5.41) is 2.06. The minimum absolute atomic E-state index is 0.122. The quantitative estimate of drug-likeness (QED) is 0.620. The van der Waals surface area contributed by atoms with Crippen LogP contribution >= 0.6 is 0 Å². The summed E-state index contributed by atoms with van der Waals surface area (Å²) in [5.41, 5.74) is 1.05. The average Bonchev–Trinajstić information content (AvgIpc) is 2.40. The number of rotatable bonds is 5. The molecule has 1 heterocycles. The second-order valence-electron chi connectivity index (χ2n) is 3.55. The van der Waals surface area contributed by atoms with Crippen molar-refractivity contribution in [1.82, 2.24) is 4.98 Å². The molecule has 4 heteroatoms. The second-order valence-corrected chi connectivity index (χ2v) is 5.74. The number of methoxy groups -OCH3 is 2. The molecule has 17 heavy (non-hydrogen) atoms. The third-order valence-electron chi connectivity index (χ3n) is 2.47. The number of hydrogen-bond donors (Lipinski definition) is 0. The van der Waals surface area contributed by atoms with E-state index in [9.17, 15) is 0 Å². The molecular weight excluding hydrogens is 281 g/mol. The summed E-state index contributed by atoms with van der Waals surface area (Å²) in [6.07, 6.45) is -0.122. The molecule has 1 aromatic heterocycles. The predicted molar refractivity (Wildman–Crippen MR) is 69.7 cm³/mol. The first-order valence-electron chi connectivity index (χ1n) is 5.37. The molecule has 0 amide bonds. The van der Waals surface area contributed by atoms with Crippen molar-refractivity contribution in [1.29, 1.82) is 0 Å². The van der Waals surface area contributed by atoms with Gasteiger partial charge >= 0.3 is 107 Å². The second kappa shape index (κ2) is 6.12. The first-order valence-corrected chi connectivity index (χ1v) is 7.44. The van der Waals surface area contributed by atoms with Crippen LogP contribution in [0.4, 0.5) is 0 Å². The minimum atomic E-state index is -0.122. The molecule has 0 saturated carbocycles. The molecule has 0 bridgehead atoms. The first kappa shape index (κ1) is 12.5. The van der Waals surface area contributed by atoms with Gasteiger partial charge in [-0.2, -0.15) is 0 Å². The number of hydrogen-bond acceptors (Lipinski definition) is 3. The van der Waals surface area contributed by atoms with Gasteiger partial charge in [0.1, 0.15) is 0 Å². The molecule has 2 aromatic rings. The molecule has 0 unspecified atom stereocenters. The molecule has 0 N–H and O–H groups in total. The molecule has 0 aliphatic carbocycles. The standard InChI is InChI=1S/C13H15NO2Se/c1-15-13(16-2)9-17-12-8-7-10-5-3-4-6-11(10)14-12/h3-8,13H,9H2,1-2H3. The summed E-state index contributed by atoms with van der Waals surface area (Å²) in [4.78, 5) is 4.63. The molecule has 90 valence electrons. The van der Waals surface area contributed by atoms with Gasteiger partial charge in [0.05, 0.1) is 0 Å². The van der Waals surface area contributed by atoms with Gasteiger partial charge in [0.25, 0.3) is 0 Å². The van der Waals surface area contributed by atoms with Gasteiger partial charge in [0, 0.05) is 0 Å². The van der Waals surface area contributed by atoms with Crippen LogP contribution in [0.25, 0.3) is 10.9 Å². The van der Waals surface area contributed by atoms with Crippen LogP contribution in [0.15, 0.2) is 36.4 Å². The van der Waals surface area contributed by atoms with E-state index in [0.717, 1.165) is 15.4 Å². The zero-order valence-electron chi connectivity index (χ0n) is 9.92. The average molecular weight is 296 g/mol. The monoisotopic (exact) mass is 297 g/mol. The number of aromatic nitrogens is 1. The van der Waals surface area contributed by atoms with E-state index < -0.39 is 0 Å². The van der Waals surface area contributed by atoms with Crippen molar-refractivity contribution in [3.8, 4) is 0 Å². The van der Waals surface area contributed by atoms with E-state index >= 15 is 0 Å². The van der Waals surface area contributed by atoms with Gasteiger partial charge in [0.2, 0.25) is 0 Å². The zero-order valence-corrected chi connectivity index (χ0v) is 11.6. The molecule has 0 spiro atoms. The van der Waals surface area contributed by atoms with E-state index in [0.29, 0.717) is 0 Å². The van der Waals surface area contributed by atoms with E-state index in [1.165, 1.54) is 5.39 Å². The summed E-state index contributed by atoms with van der Waals surface area (Å²) in [5.74, 6) is 0. The van der Waals surface area contributed by atoms with Crippen LogP contribution in [0, 0.1) is 0 Å². The SMILES string of the molecule is COC(C[Se]c1ccc2ccccc2n1)OC. The van der Waals surface area contributed by atoms with Crippen molar-refractivity contribution in [3.63, 3.8) is 0 Å². The van der Waals surface area contributed by atoms with E-state index in [1.54, 1.807) is 14.2 Å². The Kier molecular flexibility index (Phi) is 4.51. The fourth-order valence-electron chi connectivity index (χ4n) is 1.51. The summed E-state index contributed by atoms with van der Waals surface area (Å²) >= 11 is 0.278. The molecular formula is C13H15NO2Se. The van der Waals surface area contributed by atoms with Crippen LogP contribution < -0.4 is 4.59 Å². The molecule has 0 fully saturated rings. The van der Waals surface area contributed by atoms with Crippen LogP contribution in [0.5, 0.6) is 0 Å². The van der Waals surface area contributed by atoms with Gasteiger partial charge in [-0.1, -0.05) is 0 Å². The number of pyridine rings is 1. The summed E-state index contributed by atoms with van der Waals surface area (Å²) < 4.78 is 11.5. The van der Waals surface area contributed by atoms with Crippen LogP contribution in [0.1, 0.15) is 0 Å². The Hall–Kier alpha value is -0.931. The van der Waals surface area contributed by atoms with Crippen molar-refractivity contribution >= 4 is 30.5 Å². The Bertz CT molecular complexity index is 486. The maximum absolute atomic E-state index is 5.17. The Morgan fingerprint density at radius 1 is 1.12 bits per heavy atom. The van der Waals surface area contributed by atoms with Crippen molar-refractivity contribution in [2.24, 2.45) is 0 Å². The fraction of sp³-hybridized carbons (Fsp3) is 0.308. The topological polar surface area (TPSA) is 31.4 Å². The van der Waals surface area contributed by atoms with E-state index in [2.05, 4.69) is 23.2 Å². The summed E-state index contributed by atoms with van der Waals surface area (Å²) in [6, 6.07) is 12.4. The molecule has 0 saturated heterocycles. The number of para-hydroxylation sites is 1. The molecule has 0 aliphatic rings. The van der Waals surface area contributed by atoms with E-state index in [1.807, 2.05) is 18.2 Å². The molecule has 2 rings (SSSR count). The molecule has 1 aromatic carbocycles. The Morgan fingerprint density at radius 2 is 1.88 bits per heavy atom. The van der Waals surface area contributed by atoms with E-state index in [4.69, 9.17) is 9.47 Å². The van der Waals surface area contributed by atoms with Gasteiger partial charge in [-0.3, -0.25) is 0 Å². The zero-order chi connectivity index (χ0) is 12.1. The molecule has 3 nitrogen and oxygen atoms in total. The third kappa shape index (κ3) is 3.27.